The lowest BCUT2D eigenvalue weighted by atomic mass is 10.1. The molecule has 5 nitrogen and oxygen atoms in total. The molecular formula is C20H17NO4S2. The van der Waals surface area contributed by atoms with Crippen molar-refractivity contribution >= 4 is 51.4 Å². The van der Waals surface area contributed by atoms with Gasteiger partial charge in [-0.25, -0.2) is 4.79 Å². The average molecular weight is 399 g/mol. The maximum Gasteiger partial charge on any atom is 0.339 e. The molecule has 138 valence electrons. The predicted molar refractivity (Wildman–Crippen MR) is 111 cm³/mol. The summed E-state index contributed by atoms with van der Waals surface area (Å²) in [7, 11) is 2.90. The number of hydrogen-bond acceptors (Lipinski definition) is 6. The molecule has 0 aliphatic carbocycles. The summed E-state index contributed by atoms with van der Waals surface area (Å²) in [5.74, 6) is -0.0758. The second-order valence-electron chi connectivity index (χ2n) is 5.70. The summed E-state index contributed by atoms with van der Waals surface area (Å²) in [6.07, 6.45) is 0. The summed E-state index contributed by atoms with van der Waals surface area (Å²) in [5, 5.41) is 0. The number of rotatable bonds is 4. The molecule has 3 rings (SSSR count). The number of anilines is 1. The number of hydrogen-bond donors (Lipinski definition) is 0. The van der Waals surface area contributed by atoms with Crippen LogP contribution in [0.1, 0.15) is 22.8 Å². The Morgan fingerprint density at radius 1 is 1.11 bits per heavy atom. The summed E-state index contributed by atoms with van der Waals surface area (Å²) in [4.78, 5) is 27.1. The van der Waals surface area contributed by atoms with E-state index in [1.165, 1.54) is 23.8 Å². The average Bonchev–Trinajstić information content (AvgIpc) is 3.00. The standard InChI is InChI=1S/C20H17NO4S2/c1-12(13-7-6-8-14(11-13)24-2)17-18(22)21(20(26)27-17)16-10-5-4-9-15(16)19(23)25-3/h4-11H,1-3H3/b17-12-. The third-order valence-corrected chi connectivity index (χ3v) is 5.64. The van der Waals surface area contributed by atoms with Gasteiger partial charge in [-0.1, -0.05) is 48.2 Å². The summed E-state index contributed by atoms with van der Waals surface area (Å²) < 4.78 is 10.5. The van der Waals surface area contributed by atoms with Gasteiger partial charge in [0, 0.05) is 0 Å². The van der Waals surface area contributed by atoms with Crippen molar-refractivity contribution in [2.75, 3.05) is 19.1 Å². The largest absolute Gasteiger partial charge is 0.497 e. The number of methoxy groups -OCH3 is 2. The van der Waals surface area contributed by atoms with Crippen molar-refractivity contribution < 1.29 is 19.1 Å². The van der Waals surface area contributed by atoms with Gasteiger partial charge in [0.25, 0.3) is 5.91 Å². The van der Waals surface area contributed by atoms with Crippen LogP contribution in [0.4, 0.5) is 5.69 Å². The lowest BCUT2D eigenvalue weighted by Gasteiger charge is -2.17. The van der Waals surface area contributed by atoms with Gasteiger partial charge >= 0.3 is 5.97 Å². The Morgan fingerprint density at radius 3 is 2.56 bits per heavy atom. The zero-order valence-electron chi connectivity index (χ0n) is 15.0. The lowest BCUT2D eigenvalue weighted by Crippen LogP contribution is -2.29. The predicted octanol–water partition coefficient (Wildman–Crippen LogP) is 4.28. The van der Waals surface area contributed by atoms with E-state index in [2.05, 4.69) is 0 Å². The molecule has 1 heterocycles. The van der Waals surface area contributed by atoms with Crippen LogP contribution in [-0.4, -0.2) is 30.4 Å². The molecule has 0 unspecified atom stereocenters. The third kappa shape index (κ3) is 3.61. The van der Waals surface area contributed by atoms with Crippen LogP contribution in [0.5, 0.6) is 5.75 Å². The minimum absolute atomic E-state index is 0.262. The van der Waals surface area contributed by atoms with E-state index in [0.29, 0.717) is 20.7 Å². The van der Waals surface area contributed by atoms with E-state index in [1.807, 2.05) is 31.2 Å². The van der Waals surface area contributed by atoms with Gasteiger partial charge in [0.05, 0.1) is 30.4 Å². The Bertz CT molecular complexity index is 968. The summed E-state index contributed by atoms with van der Waals surface area (Å²) in [5.41, 5.74) is 2.37. The first-order chi connectivity index (χ1) is 13.0. The molecule has 0 bridgehead atoms. The van der Waals surface area contributed by atoms with E-state index in [4.69, 9.17) is 21.7 Å². The number of allylic oxidation sites excluding steroid dienone is 1. The van der Waals surface area contributed by atoms with E-state index in [9.17, 15) is 9.59 Å². The highest BCUT2D eigenvalue weighted by atomic mass is 32.2. The highest BCUT2D eigenvalue weighted by Crippen LogP contribution is 2.40. The Morgan fingerprint density at radius 2 is 1.85 bits per heavy atom. The maximum absolute atomic E-state index is 13.1. The van der Waals surface area contributed by atoms with E-state index < -0.39 is 5.97 Å². The van der Waals surface area contributed by atoms with Crippen molar-refractivity contribution in [2.24, 2.45) is 0 Å². The number of thiocarbonyl (C=S) groups is 1. The normalized spacial score (nSPS) is 15.7. The van der Waals surface area contributed by atoms with Gasteiger partial charge in [-0.3, -0.25) is 9.69 Å². The maximum atomic E-state index is 13.1. The van der Waals surface area contributed by atoms with Crippen LogP contribution in [0.25, 0.3) is 5.57 Å². The molecular weight excluding hydrogens is 382 g/mol. The molecule has 1 amide bonds. The molecule has 0 atom stereocenters. The summed E-state index contributed by atoms with van der Waals surface area (Å²) >= 11 is 6.65. The quantitative estimate of drug-likeness (QED) is 0.435. The first-order valence-electron chi connectivity index (χ1n) is 8.06. The third-order valence-electron chi connectivity index (χ3n) is 4.16. The van der Waals surface area contributed by atoms with Crippen LogP contribution in [0.2, 0.25) is 0 Å². The molecule has 1 aliphatic heterocycles. The Labute approximate surface area is 167 Å². The first kappa shape index (κ1) is 19.1. The van der Waals surface area contributed by atoms with Crippen LogP contribution < -0.4 is 9.64 Å². The van der Waals surface area contributed by atoms with Crippen LogP contribution in [0.15, 0.2) is 53.4 Å². The van der Waals surface area contributed by atoms with E-state index >= 15 is 0 Å². The van der Waals surface area contributed by atoms with Crippen LogP contribution >= 0.6 is 24.0 Å². The molecule has 0 spiro atoms. The van der Waals surface area contributed by atoms with Gasteiger partial charge in [0.15, 0.2) is 4.32 Å². The smallest absolute Gasteiger partial charge is 0.339 e. The number of carbonyl (C=O) groups excluding carboxylic acids is 2. The number of benzene rings is 2. The molecule has 27 heavy (non-hydrogen) atoms. The number of ether oxygens (including phenoxy) is 2. The summed E-state index contributed by atoms with van der Waals surface area (Å²) in [6, 6.07) is 14.2. The number of thioether (sulfide) groups is 1. The van der Waals surface area contributed by atoms with Gasteiger partial charge < -0.3 is 9.47 Å². The molecule has 0 radical (unpaired) electrons. The minimum atomic E-state index is -0.520. The molecule has 1 saturated heterocycles. The fourth-order valence-electron chi connectivity index (χ4n) is 2.74. The van der Waals surface area contributed by atoms with Gasteiger partial charge in [-0.2, -0.15) is 0 Å². The van der Waals surface area contributed by atoms with Gasteiger partial charge in [0.1, 0.15) is 5.75 Å². The first-order valence-corrected chi connectivity index (χ1v) is 9.29. The number of esters is 1. The van der Waals surface area contributed by atoms with E-state index in [0.717, 1.165) is 11.1 Å². The topological polar surface area (TPSA) is 55.8 Å². The molecule has 1 aliphatic rings. The Kier molecular flexibility index (Phi) is 5.62. The lowest BCUT2D eigenvalue weighted by molar-refractivity contribution is -0.113. The zero-order chi connectivity index (χ0) is 19.6. The van der Waals surface area contributed by atoms with Gasteiger partial charge in [-0.15, -0.1) is 0 Å². The van der Waals surface area contributed by atoms with E-state index in [1.54, 1.807) is 31.4 Å². The molecule has 7 heteroatoms. The number of amides is 1. The van der Waals surface area contributed by atoms with Crippen molar-refractivity contribution in [1.29, 1.82) is 0 Å². The zero-order valence-corrected chi connectivity index (χ0v) is 16.6. The van der Waals surface area contributed by atoms with Crippen molar-refractivity contribution in [1.82, 2.24) is 0 Å². The van der Waals surface area contributed by atoms with Crippen molar-refractivity contribution in [3.63, 3.8) is 0 Å². The van der Waals surface area contributed by atoms with Crippen LogP contribution in [0.3, 0.4) is 0 Å². The fraction of sp³-hybridized carbons (Fsp3) is 0.150. The van der Waals surface area contributed by atoms with Crippen molar-refractivity contribution in [3.05, 3.63) is 64.6 Å². The highest BCUT2D eigenvalue weighted by Gasteiger charge is 2.36. The van der Waals surface area contributed by atoms with Crippen LogP contribution in [-0.2, 0) is 9.53 Å². The Balaban J connectivity index is 2.05. The van der Waals surface area contributed by atoms with Gasteiger partial charge in [-0.05, 0) is 42.3 Å². The highest BCUT2D eigenvalue weighted by molar-refractivity contribution is 8.27. The number of nitrogens with zero attached hydrogens (tertiary/aromatic N) is 1. The number of carbonyl (C=O) groups is 2. The second kappa shape index (κ2) is 7.94. The van der Waals surface area contributed by atoms with E-state index in [-0.39, 0.29) is 11.5 Å². The van der Waals surface area contributed by atoms with Gasteiger partial charge in [0.2, 0.25) is 0 Å². The minimum Gasteiger partial charge on any atom is -0.497 e. The number of para-hydroxylation sites is 1. The van der Waals surface area contributed by atoms with Crippen molar-refractivity contribution in [2.45, 2.75) is 6.92 Å². The molecule has 2 aromatic carbocycles. The molecule has 0 saturated carbocycles. The monoisotopic (exact) mass is 399 g/mol. The fourth-order valence-corrected chi connectivity index (χ4v) is 4.07. The molecule has 2 aromatic rings. The SMILES string of the molecule is COC(=O)c1ccccc1N1C(=O)/C(=C(\C)c2cccc(OC)c2)SC1=S. The molecule has 1 fully saturated rings. The van der Waals surface area contributed by atoms with Crippen LogP contribution in [0, 0.1) is 0 Å². The molecule has 0 N–H and O–H groups in total. The van der Waals surface area contributed by atoms with Crippen molar-refractivity contribution in [3.8, 4) is 5.75 Å². The Hall–Kier alpha value is -2.64. The molecule has 0 aromatic heterocycles. The second-order valence-corrected chi connectivity index (χ2v) is 7.35. The summed E-state index contributed by atoms with van der Waals surface area (Å²) in [6.45, 7) is 1.87.